The number of ether oxygens (including phenoxy) is 1. The molecule has 0 unspecified atom stereocenters. The fraction of sp³-hybridized carbons (Fsp3) is 0.385. The second-order valence-corrected chi connectivity index (χ2v) is 8.25. The Labute approximate surface area is 190 Å². The molecule has 2 amide bonds. The molecule has 2 aromatic rings. The van der Waals surface area contributed by atoms with E-state index in [0.29, 0.717) is 23.6 Å². The number of imide groups is 1. The molecule has 6 nitrogen and oxygen atoms in total. The van der Waals surface area contributed by atoms with E-state index in [4.69, 9.17) is 4.74 Å². The van der Waals surface area contributed by atoms with Gasteiger partial charge in [0.25, 0.3) is 11.8 Å². The summed E-state index contributed by atoms with van der Waals surface area (Å²) in [6, 6.07) is 15.1. The van der Waals surface area contributed by atoms with Crippen LogP contribution in [0.5, 0.6) is 5.75 Å². The van der Waals surface area contributed by atoms with Gasteiger partial charge in [-0.25, -0.2) is 4.90 Å². The molecule has 2 heterocycles. The van der Waals surface area contributed by atoms with Crippen molar-refractivity contribution in [2.45, 2.75) is 27.2 Å². The maximum Gasteiger partial charge on any atom is 0.282 e. The van der Waals surface area contributed by atoms with E-state index in [2.05, 4.69) is 23.6 Å². The fourth-order valence-electron chi connectivity index (χ4n) is 4.33. The lowest BCUT2D eigenvalue weighted by Crippen LogP contribution is -2.47. The SMILES string of the molecule is CCCOc1ccc(C2=C(N3CCN(CC)CC3)C(=O)N(c3ccccc3C)C2=O)cc1. The zero-order valence-corrected chi connectivity index (χ0v) is 19.1. The summed E-state index contributed by atoms with van der Waals surface area (Å²) in [6.07, 6.45) is 0.930. The number of amides is 2. The minimum absolute atomic E-state index is 0.240. The Bertz CT molecular complexity index is 1020. The molecule has 2 aliphatic rings. The third kappa shape index (κ3) is 4.15. The predicted molar refractivity (Wildman–Crippen MR) is 127 cm³/mol. The number of benzene rings is 2. The Hall–Kier alpha value is -3.12. The van der Waals surface area contributed by atoms with Crippen molar-refractivity contribution < 1.29 is 14.3 Å². The number of carbonyl (C=O) groups excluding carboxylic acids is 2. The lowest BCUT2D eigenvalue weighted by atomic mass is 10.0. The van der Waals surface area contributed by atoms with Crippen LogP contribution >= 0.6 is 0 Å². The Morgan fingerprint density at radius 1 is 0.875 bits per heavy atom. The predicted octanol–water partition coefficient (Wildman–Crippen LogP) is 3.71. The van der Waals surface area contributed by atoms with Gasteiger partial charge in [0, 0.05) is 26.2 Å². The molecule has 0 atom stereocenters. The third-order valence-corrected chi connectivity index (χ3v) is 6.17. The summed E-state index contributed by atoms with van der Waals surface area (Å²) in [5.74, 6) is 0.261. The highest BCUT2D eigenvalue weighted by molar-refractivity contribution is 6.45. The number of piperazine rings is 1. The van der Waals surface area contributed by atoms with Crippen molar-refractivity contribution in [1.82, 2.24) is 9.80 Å². The standard InChI is InChI=1S/C26H31N3O3/c1-4-18-32-21-12-10-20(11-13-21)23-24(28-16-14-27(5-2)15-17-28)26(31)29(25(23)30)22-9-7-6-8-19(22)3/h6-13H,4-5,14-18H2,1-3H3. The zero-order valence-electron chi connectivity index (χ0n) is 19.1. The van der Waals surface area contributed by atoms with Gasteiger partial charge in [-0.15, -0.1) is 0 Å². The van der Waals surface area contributed by atoms with Gasteiger partial charge < -0.3 is 14.5 Å². The van der Waals surface area contributed by atoms with Crippen LogP contribution < -0.4 is 9.64 Å². The summed E-state index contributed by atoms with van der Waals surface area (Å²) >= 11 is 0. The first-order chi connectivity index (χ1) is 15.5. The van der Waals surface area contributed by atoms with Gasteiger partial charge in [-0.3, -0.25) is 9.59 Å². The minimum Gasteiger partial charge on any atom is -0.494 e. The summed E-state index contributed by atoms with van der Waals surface area (Å²) in [6.45, 7) is 11.0. The highest BCUT2D eigenvalue weighted by Gasteiger charge is 2.43. The maximum absolute atomic E-state index is 13.7. The fourth-order valence-corrected chi connectivity index (χ4v) is 4.33. The molecule has 6 heteroatoms. The summed E-state index contributed by atoms with van der Waals surface area (Å²) < 4.78 is 5.70. The van der Waals surface area contributed by atoms with Crippen molar-refractivity contribution >= 4 is 23.1 Å². The summed E-state index contributed by atoms with van der Waals surface area (Å²) in [5, 5.41) is 0. The van der Waals surface area contributed by atoms with E-state index < -0.39 is 0 Å². The smallest absolute Gasteiger partial charge is 0.282 e. The van der Waals surface area contributed by atoms with Crippen molar-refractivity contribution in [3.05, 3.63) is 65.4 Å². The van der Waals surface area contributed by atoms with Crippen molar-refractivity contribution in [2.75, 3.05) is 44.2 Å². The van der Waals surface area contributed by atoms with Crippen molar-refractivity contribution in [3.8, 4) is 5.75 Å². The van der Waals surface area contributed by atoms with E-state index in [0.717, 1.165) is 56.0 Å². The van der Waals surface area contributed by atoms with E-state index in [1.165, 1.54) is 4.90 Å². The van der Waals surface area contributed by atoms with Crippen LogP contribution in [-0.2, 0) is 9.59 Å². The molecule has 0 N–H and O–H groups in total. The van der Waals surface area contributed by atoms with Gasteiger partial charge >= 0.3 is 0 Å². The van der Waals surface area contributed by atoms with E-state index in [9.17, 15) is 9.59 Å². The number of anilines is 1. The first-order valence-electron chi connectivity index (χ1n) is 11.4. The molecule has 0 saturated carbocycles. The van der Waals surface area contributed by atoms with Gasteiger partial charge in [-0.1, -0.05) is 44.2 Å². The molecule has 0 radical (unpaired) electrons. The van der Waals surface area contributed by atoms with Crippen molar-refractivity contribution in [3.63, 3.8) is 0 Å². The van der Waals surface area contributed by atoms with Crippen LogP contribution in [0.1, 0.15) is 31.4 Å². The molecule has 1 fully saturated rings. The number of para-hydroxylation sites is 1. The molecule has 2 aromatic carbocycles. The van der Waals surface area contributed by atoms with E-state index >= 15 is 0 Å². The number of rotatable bonds is 7. The Kier molecular flexibility index (Phi) is 6.61. The van der Waals surface area contributed by atoms with Gasteiger partial charge in [0.1, 0.15) is 11.4 Å². The first kappa shape index (κ1) is 22.1. The average molecular weight is 434 g/mol. The molecule has 4 rings (SSSR count). The summed E-state index contributed by atoms with van der Waals surface area (Å²) in [4.78, 5) is 33.1. The minimum atomic E-state index is -0.264. The van der Waals surface area contributed by atoms with Crippen LogP contribution in [0.2, 0.25) is 0 Å². The number of hydrogen-bond acceptors (Lipinski definition) is 5. The number of nitrogens with zero attached hydrogens (tertiary/aromatic N) is 3. The Balaban J connectivity index is 1.74. The molecule has 1 saturated heterocycles. The highest BCUT2D eigenvalue weighted by atomic mass is 16.5. The quantitative estimate of drug-likeness (QED) is 0.623. The molecule has 32 heavy (non-hydrogen) atoms. The average Bonchev–Trinajstić information content (AvgIpc) is 3.08. The van der Waals surface area contributed by atoms with Crippen LogP contribution in [0.25, 0.3) is 5.57 Å². The molecular formula is C26H31N3O3. The normalized spacial score (nSPS) is 17.5. The van der Waals surface area contributed by atoms with Crippen LogP contribution in [0.3, 0.4) is 0 Å². The molecule has 2 aliphatic heterocycles. The van der Waals surface area contributed by atoms with E-state index in [1.807, 2.05) is 55.5 Å². The molecule has 0 spiro atoms. The number of hydrogen-bond donors (Lipinski definition) is 0. The molecule has 0 aliphatic carbocycles. The second kappa shape index (κ2) is 9.57. The number of aryl methyl sites for hydroxylation is 1. The van der Waals surface area contributed by atoms with Gasteiger partial charge in [-0.2, -0.15) is 0 Å². The number of carbonyl (C=O) groups is 2. The van der Waals surface area contributed by atoms with Crippen LogP contribution in [0, 0.1) is 6.92 Å². The van der Waals surface area contributed by atoms with Crippen LogP contribution in [0.15, 0.2) is 54.2 Å². The van der Waals surface area contributed by atoms with Crippen molar-refractivity contribution in [2.24, 2.45) is 0 Å². The van der Waals surface area contributed by atoms with Gasteiger partial charge in [0.15, 0.2) is 0 Å². The summed E-state index contributed by atoms with van der Waals surface area (Å²) in [5.41, 5.74) is 3.27. The Morgan fingerprint density at radius 3 is 2.19 bits per heavy atom. The van der Waals surface area contributed by atoms with Crippen molar-refractivity contribution in [1.29, 1.82) is 0 Å². The molecule has 0 bridgehead atoms. The largest absolute Gasteiger partial charge is 0.494 e. The van der Waals surface area contributed by atoms with E-state index in [1.54, 1.807) is 0 Å². The highest BCUT2D eigenvalue weighted by Crippen LogP contribution is 2.36. The number of likely N-dealkylation sites (N-methyl/N-ethyl adjacent to an activating group) is 1. The topological polar surface area (TPSA) is 53.1 Å². The molecule has 0 aromatic heterocycles. The maximum atomic E-state index is 13.7. The van der Waals surface area contributed by atoms with Crippen LogP contribution in [-0.4, -0.2) is 60.9 Å². The summed E-state index contributed by atoms with van der Waals surface area (Å²) in [7, 11) is 0. The molecular weight excluding hydrogens is 402 g/mol. The lowest BCUT2D eigenvalue weighted by molar-refractivity contribution is -0.120. The van der Waals surface area contributed by atoms with Gasteiger partial charge in [0.2, 0.25) is 0 Å². The monoisotopic (exact) mass is 433 g/mol. The molecule has 168 valence electrons. The van der Waals surface area contributed by atoms with Crippen LogP contribution in [0.4, 0.5) is 5.69 Å². The third-order valence-electron chi connectivity index (χ3n) is 6.17. The first-order valence-corrected chi connectivity index (χ1v) is 11.4. The van der Waals surface area contributed by atoms with E-state index in [-0.39, 0.29) is 11.8 Å². The van der Waals surface area contributed by atoms with Gasteiger partial charge in [-0.05, 0) is 49.2 Å². The second-order valence-electron chi connectivity index (χ2n) is 8.25. The zero-order chi connectivity index (χ0) is 22.7. The Morgan fingerprint density at radius 2 is 1.56 bits per heavy atom. The lowest BCUT2D eigenvalue weighted by Gasteiger charge is -2.36. The van der Waals surface area contributed by atoms with Gasteiger partial charge in [0.05, 0.1) is 17.9 Å².